The molecule has 3 heteroatoms. The van der Waals surface area contributed by atoms with Crippen molar-refractivity contribution < 1.29 is 0 Å². The van der Waals surface area contributed by atoms with E-state index in [2.05, 4.69) is 23.9 Å². The Bertz CT molecular complexity index is 368. The van der Waals surface area contributed by atoms with Crippen LogP contribution in [0.15, 0.2) is 6.20 Å². The quantitative estimate of drug-likeness (QED) is 0.759. The maximum Gasteiger partial charge on any atom is 0.0780 e. The number of hydrogen-bond donors (Lipinski definition) is 1. The molecule has 2 N–H and O–H groups in total. The number of nitrogens with two attached hydrogens (primary N) is 1. The topological polar surface area (TPSA) is 43.8 Å². The van der Waals surface area contributed by atoms with Crippen molar-refractivity contribution in [1.82, 2.24) is 9.78 Å². The molecule has 1 aromatic rings. The van der Waals surface area contributed by atoms with Crippen LogP contribution in [0, 0.1) is 11.8 Å². The van der Waals surface area contributed by atoms with Gasteiger partial charge in [-0.3, -0.25) is 4.68 Å². The molecule has 0 aliphatic heterocycles. The molecule has 1 unspecified atom stereocenters. The lowest BCUT2D eigenvalue weighted by Gasteiger charge is -1.95. The highest BCUT2D eigenvalue weighted by atomic mass is 15.2. The van der Waals surface area contributed by atoms with E-state index >= 15 is 0 Å². The first-order valence-corrected chi connectivity index (χ1v) is 5.47. The second kappa shape index (κ2) is 5.57. The second-order valence-electron chi connectivity index (χ2n) is 3.70. The molecule has 0 aliphatic rings. The molecule has 0 bridgehead atoms. The van der Waals surface area contributed by atoms with Crippen LogP contribution in [0.4, 0.5) is 0 Å². The van der Waals surface area contributed by atoms with Crippen LogP contribution in [0.5, 0.6) is 0 Å². The van der Waals surface area contributed by atoms with Crippen LogP contribution in [-0.4, -0.2) is 15.8 Å². The van der Waals surface area contributed by atoms with Crippen LogP contribution in [-0.2, 0) is 13.5 Å². The highest BCUT2D eigenvalue weighted by Crippen LogP contribution is 2.07. The third-order valence-corrected chi connectivity index (χ3v) is 2.22. The second-order valence-corrected chi connectivity index (χ2v) is 3.70. The number of aromatic nitrogens is 2. The summed E-state index contributed by atoms with van der Waals surface area (Å²) >= 11 is 0. The largest absolute Gasteiger partial charge is 0.318 e. The van der Waals surface area contributed by atoms with Crippen LogP contribution in [0.2, 0.25) is 0 Å². The monoisotopic (exact) mass is 205 g/mol. The maximum atomic E-state index is 5.75. The molecule has 0 fully saturated rings. The summed E-state index contributed by atoms with van der Waals surface area (Å²) in [6.07, 6.45) is 4.91. The molecule has 82 valence electrons. The van der Waals surface area contributed by atoms with Gasteiger partial charge in [-0.05, 0) is 12.8 Å². The minimum absolute atomic E-state index is 0.0281. The fourth-order valence-electron chi connectivity index (χ4n) is 1.33. The summed E-state index contributed by atoms with van der Waals surface area (Å²) in [4.78, 5) is 0. The zero-order valence-corrected chi connectivity index (χ0v) is 9.75. The van der Waals surface area contributed by atoms with Gasteiger partial charge in [0.15, 0.2) is 0 Å². The van der Waals surface area contributed by atoms with Gasteiger partial charge in [0, 0.05) is 13.2 Å². The number of nitrogens with zero attached hydrogens (tertiary/aromatic N) is 2. The molecule has 0 radical (unpaired) electrons. The molecule has 0 amide bonds. The highest BCUT2D eigenvalue weighted by Gasteiger charge is 2.03. The number of rotatable bonds is 3. The molecule has 15 heavy (non-hydrogen) atoms. The van der Waals surface area contributed by atoms with E-state index in [1.165, 1.54) is 0 Å². The lowest BCUT2D eigenvalue weighted by Crippen LogP contribution is -2.15. The average Bonchev–Trinajstić information content (AvgIpc) is 2.56. The van der Waals surface area contributed by atoms with Crippen LogP contribution in [0.1, 0.15) is 37.9 Å². The van der Waals surface area contributed by atoms with Crippen LogP contribution < -0.4 is 5.73 Å². The molecule has 0 spiro atoms. The molecule has 1 atom stereocenters. The van der Waals surface area contributed by atoms with Crippen molar-refractivity contribution >= 4 is 0 Å². The Morgan fingerprint density at radius 1 is 1.53 bits per heavy atom. The number of aryl methyl sites for hydroxylation is 2. The van der Waals surface area contributed by atoms with Gasteiger partial charge in [0.05, 0.1) is 17.3 Å². The van der Waals surface area contributed by atoms with Gasteiger partial charge in [-0.1, -0.05) is 32.1 Å². The molecule has 3 nitrogen and oxygen atoms in total. The summed E-state index contributed by atoms with van der Waals surface area (Å²) in [5.74, 6) is 6.15. The average molecular weight is 205 g/mol. The summed E-state index contributed by atoms with van der Waals surface area (Å²) in [6.45, 7) is 4.18. The minimum atomic E-state index is -0.0281. The van der Waals surface area contributed by atoms with Gasteiger partial charge in [0.25, 0.3) is 0 Å². The van der Waals surface area contributed by atoms with Crippen LogP contribution in [0.25, 0.3) is 0 Å². The Labute approximate surface area is 91.7 Å². The minimum Gasteiger partial charge on any atom is -0.318 e. The highest BCUT2D eigenvalue weighted by molar-refractivity contribution is 5.37. The van der Waals surface area contributed by atoms with E-state index in [9.17, 15) is 0 Å². The van der Waals surface area contributed by atoms with Crippen LogP contribution in [0.3, 0.4) is 0 Å². The fourth-order valence-corrected chi connectivity index (χ4v) is 1.33. The van der Waals surface area contributed by atoms with E-state index in [1.807, 2.05) is 24.9 Å². The van der Waals surface area contributed by atoms with E-state index in [0.29, 0.717) is 0 Å². The Kier molecular flexibility index (Phi) is 4.38. The molecule has 1 aromatic heterocycles. The fraction of sp³-hybridized carbons (Fsp3) is 0.583. The zero-order valence-electron chi connectivity index (χ0n) is 9.75. The third kappa shape index (κ3) is 3.41. The predicted molar refractivity (Wildman–Crippen MR) is 62.3 cm³/mol. The summed E-state index contributed by atoms with van der Waals surface area (Å²) in [7, 11) is 1.92. The van der Waals surface area contributed by atoms with Gasteiger partial charge in [-0.2, -0.15) is 5.10 Å². The smallest absolute Gasteiger partial charge is 0.0780 e. The first-order chi connectivity index (χ1) is 7.17. The molecular weight excluding hydrogens is 186 g/mol. The molecule has 1 heterocycles. The van der Waals surface area contributed by atoms with Gasteiger partial charge >= 0.3 is 0 Å². The lowest BCUT2D eigenvalue weighted by atomic mass is 10.1. The van der Waals surface area contributed by atoms with E-state index in [4.69, 9.17) is 5.73 Å². The Morgan fingerprint density at radius 3 is 2.87 bits per heavy atom. The molecule has 1 rings (SSSR count). The van der Waals surface area contributed by atoms with E-state index in [-0.39, 0.29) is 6.04 Å². The van der Waals surface area contributed by atoms with Gasteiger partial charge in [0.2, 0.25) is 0 Å². The van der Waals surface area contributed by atoms with Crippen molar-refractivity contribution in [3.05, 3.63) is 17.5 Å². The molecule has 0 saturated carbocycles. The summed E-state index contributed by atoms with van der Waals surface area (Å²) in [5.41, 5.74) is 7.85. The van der Waals surface area contributed by atoms with Crippen molar-refractivity contribution in [1.29, 1.82) is 0 Å². The van der Waals surface area contributed by atoms with Crippen LogP contribution >= 0.6 is 0 Å². The molecular formula is C12H19N3. The van der Waals surface area contributed by atoms with Crippen molar-refractivity contribution in [3.63, 3.8) is 0 Å². The van der Waals surface area contributed by atoms with E-state index in [0.717, 1.165) is 30.5 Å². The maximum absolute atomic E-state index is 5.75. The third-order valence-electron chi connectivity index (χ3n) is 2.22. The van der Waals surface area contributed by atoms with Gasteiger partial charge in [-0.25, -0.2) is 0 Å². The standard InChI is InChI=1S/C12H19N3/c1-4-6-12-10(9-15(3)14-12)7-8-11(13)5-2/h9,11H,4-6,13H2,1-3H3. The number of hydrogen-bond acceptors (Lipinski definition) is 2. The Morgan fingerprint density at radius 2 is 2.27 bits per heavy atom. The van der Waals surface area contributed by atoms with Crippen molar-refractivity contribution in [3.8, 4) is 11.8 Å². The van der Waals surface area contributed by atoms with Crippen molar-refractivity contribution in [2.45, 2.75) is 39.2 Å². The zero-order chi connectivity index (χ0) is 11.3. The summed E-state index contributed by atoms with van der Waals surface area (Å²) < 4.78 is 1.81. The first-order valence-electron chi connectivity index (χ1n) is 5.47. The normalized spacial score (nSPS) is 12.0. The molecule has 0 saturated heterocycles. The van der Waals surface area contributed by atoms with E-state index in [1.54, 1.807) is 0 Å². The van der Waals surface area contributed by atoms with Crippen molar-refractivity contribution in [2.75, 3.05) is 0 Å². The summed E-state index contributed by atoms with van der Waals surface area (Å²) in [6, 6.07) is -0.0281. The SMILES string of the molecule is CCCc1nn(C)cc1C#CC(N)CC. The van der Waals surface area contributed by atoms with E-state index < -0.39 is 0 Å². The lowest BCUT2D eigenvalue weighted by molar-refractivity contribution is 0.733. The molecule has 0 aliphatic carbocycles. The van der Waals surface area contributed by atoms with Gasteiger partial charge in [0.1, 0.15) is 0 Å². The molecule has 0 aromatic carbocycles. The first kappa shape index (κ1) is 11.8. The van der Waals surface area contributed by atoms with Crippen molar-refractivity contribution in [2.24, 2.45) is 12.8 Å². The Balaban J connectivity index is 2.86. The van der Waals surface area contributed by atoms with Gasteiger partial charge < -0.3 is 5.73 Å². The summed E-state index contributed by atoms with van der Waals surface area (Å²) in [5, 5.41) is 4.38. The Hall–Kier alpha value is -1.27. The van der Waals surface area contributed by atoms with Gasteiger partial charge in [-0.15, -0.1) is 0 Å². The predicted octanol–water partition coefficient (Wildman–Crippen LogP) is 1.46.